The first-order chi connectivity index (χ1) is 8.16. The maximum atomic E-state index is 13.2. The molecular formula is C13H15FN2S. The van der Waals surface area contributed by atoms with Crippen molar-refractivity contribution in [3.63, 3.8) is 0 Å². The molecule has 3 N–H and O–H groups in total. The van der Waals surface area contributed by atoms with Gasteiger partial charge in [-0.2, -0.15) is 0 Å². The highest BCUT2D eigenvalue weighted by Crippen LogP contribution is 2.23. The van der Waals surface area contributed by atoms with Crippen molar-refractivity contribution in [3.8, 4) is 0 Å². The summed E-state index contributed by atoms with van der Waals surface area (Å²) in [7, 11) is 0. The summed E-state index contributed by atoms with van der Waals surface area (Å²) >= 11 is 1.72. The molecule has 2 nitrogen and oxygen atoms in total. The normalized spacial score (nSPS) is 12.4. The molecule has 90 valence electrons. The molecule has 1 heterocycles. The lowest BCUT2D eigenvalue weighted by atomic mass is 10.2. The first-order valence-electron chi connectivity index (χ1n) is 5.49. The Morgan fingerprint density at radius 2 is 2.18 bits per heavy atom. The van der Waals surface area contributed by atoms with E-state index in [0.717, 1.165) is 6.42 Å². The van der Waals surface area contributed by atoms with Gasteiger partial charge >= 0.3 is 0 Å². The number of hydrogen-bond donors (Lipinski definition) is 2. The van der Waals surface area contributed by atoms with E-state index >= 15 is 0 Å². The fraction of sp³-hybridized carbons (Fsp3) is 0.231. The number of benzene rings is 1. The first kappa shape index (κ1) is 11.9. The molecule has 2 aromatic rings. The number of anilines is 2. The average molecular weight is 250 g/mol. The molecule has 1 aromatic heterocycles. The van der Waals surface area contributed by atoms with Gasteiger partial charge in [0.15, 0.2) is 0 Å². The van der Waals surface area contributed by atoms with Crippen LogP contribution in [-0.2, 0) is 6.42 Å². The van der Waals surface area contributed by atoms with Crippen molar-refractivity contribution in [1.82, 2.24) is 0 Å². The largest absolute Gasteiger partial charge is 0.395 e. The summed E-state index contributed by atoms with van der Waals surface area (Å²) in [5, 5.41) is 5.29. The molecule has 0 fully saturated rings. The molecule has 1 atom stereocenters. The molecule has 17 heavy (non-hydrogen) atoms. The molecule has 0 saturated heterocycles. The third-order valence-electron chi connectivity index (χ3n) is 2.54. The second kappa shape index (κ2) is 5.19. The van der Waals surface area contributed by atoms with Crippen LogP contribution in [0.5, 0.6) is 0 Å². The SMILES string of the molecule is CC(Cc1cccs1)Nc1cccc(F)c1N. The van der Waals surface area contributed by atoms with E-state index in [1.807, 2.05) is 6.07 Å². The Kier molecular flexibility index (Phi) is 3.64. The van der Waals surface area contributed by atoms with Gasteiger partial charge in [-0.25, -0.2) is 4.39 Å². The van der Waals surface area contributed by atoms with E-state index in [2.05, 4.69) is 23.7 Å². The lowest BCUT2D eigenvalue weighted by Gasteiger charge is -2.16. The Bertz CT molecular complexity index is 482. The van der Waals surface area contributed by atoms with Crippen molar-refractivity contribution in [3.05, 3.63) is 46.4 Å². The number of nitrogens with two attached hydrogens (primary N) is 1. The number of halogens is 1. The summed E-state index contributed by atoms with van der Waals surface area (Å²) in [5.74, 6) is -0.377. The molecule has 2 rings (SSSR count). The van der Waals surface area contributed by atoms with Crippen LogP contribution in [-0.4, -0.2) is 6.04 Å². The van der Waals surface area contributed by atoms with Gasteiger partial charge in [-0.15, -0.1) is 11.3 Å². The van der Waals surface area contributed by atoms with Crippen molar-refractivity contribution < 1.29 is 4.39 Å². The predicted molar refractivity (Wildman–Crippen MR) is 71.9 cm³/mol. The summed E-state index contributed by atoms with van der Waals surface area (Å²) in [6, 6.07) is 9.17. The second-order valence-corrected chi connectivity index (χ2v) is 5.06. The number of thiophene rings is 1. The van der Waals surface area contributed by atoms with Crippen molar-refractivity contribution in [2.45, 2.75) is 19.4 Å². The van der Waals surface area contributed by atoms with Crippen LogP contribution >= 0.6 is 11.3 Å². The number of nitrogen functional groups attached to an aromatic ring is 1. The van der Waals surface area contributed by atoms with Gasteiger partial charge in [0.05, 0.1) is 11.4 Å². The van der Waals surface area contributed by atoms with E-state index in [1.54, 1.807) is 23.5 Å². The summed E-state index contributed by atoms with van der Waals surface area (Å²) < 4.78 is 13.2. The smallest absolute Gasteiger partial charge is 0.148 e. The number of para-hydroxylation sites is 1. The second-order valence-electron chi connectivity index (χ2n) is 4.03. The van der Waals surface area contributed by atoms with Gasteiger partial charge in [-0.05, 0) is 30.5 Å². The van der Waals surface area contributed by atoms with Crippen LogP contribution in [0, 0.1) is 5.82 Å². The zero-order valence-electron chi connectivity index (χ0n) is 9.61. The zero-order valence-corrected chi connectivity index (χ0v) is 10.4. The fourth-order valence-electron chi connectivity index (χ4n) is 1.71. The van der Waals surface area contributed by atoms with E-state index in [1.165, 1.54) is 10.9 Å². The topological polar surface area (TPSA) is 38.0 Å². The van der Waals surface area contributed by atoms with E-state index in [0.29, 0.717) is 5.69 Å². The van der Waals surface area contributed by atoms with Crippen LogP contribution in [0.3, 0.4) is 0 Å². The zero-order chi connectivity index (χ0) is 12.3. The summed E-state index contributed by atoms with van der Waals surface area (Å²) in [4.78, 5) is 1.31. The fourth-order valence-corrected chi connectivity index (χ4v) is 2.55. The third kappa shape index (κ3) is 2.97. The third-order valence-corrected chi connectivity index (χ3v) is 3.44. The predicted octanol–water partition coefficient (Wildman–Crippen LogP) is 3.51. The lowest BCUT2D eigenvalue weighted by Crippen LogP contribution is -2.18. The van der Waals surface area contributed by atoms with Gasteiger partial charge in [0.2, 0.25) is 0 Å². The Labute approximate surface area is 104 Å². The molecule has 0 aliphatic carbocycles. The Morgan fingerprint density at radius 3 is 2.88 bits per heavy atom. The van der Waals surface area contributed by atoms with Gasteiger partial charge < -0.3 is 11.1 Å². The highest BCUT2D eigenvalue weighted by atomic mass is 32.1. The molecule has 1 aromatic carbocycles. The van der Waals surface area contributed by atoms with Crippen molar-refractivity contribution in [2.75, 3.05) is 11.1 Å². The minimum atomic E-state index is -0.377. The molecule has 0 bridgehead atoms. The number of hydrogen-bond acceptors (Lipinski definition) is 3. The summed E-state index contributed by atoms with van der Waals surface area (Å²) in [5.41, 5.74) is 6.52. The standard InChI is InChI=1S/C13H15FN2S/c1-9(8-10-4-3-7-17-10)16-12-6-2-5-11(14)13(12)15/h2-7,9,16H,8,15H2,1H3. The van der Waals surface area contributed by atoms with Crippen LogP contribution in [0.15, 0.2) is 35.7 Å². The minimum Gasteiger partial charge on any atom is -0.395 e. The van der Waals surface area contributed by atoms with E-state index < -0.39 is 0 Å². The molecule has 0 radical (unpaired) electrons. The van der Waals surface area contributed by atoms with Crippen molar-refractivity contribution in [1.29, 1.82) is 0 Å². The molecule has 0 saturated carbocycles. The number of rotatable bonds is 4. The van der Waals surface area contributed by atoms with Crippen LogP contribution in [0.2, 0.25) is 0 Å². The van der Waals surface area contributed by atoms with Gasteiger partial charge in [0, 0.05) is 17.3 Å². The summed E-state index contributed by atoms with van der Waals surface area (Å²) in [6.07, 6.45) is 0.910. The number of nitrogens with one attached hydrogen (secondary N) is 1. The van der Waals surface area contributed by atoms with Gasteiger partial charge in [-0.3, -0.25) is 0 Å². The molecule has 1 unspecified atom stereocenters. The molecule has 0 aliphatic heterocycles. The van der Waals surface area contributed by atoms with Crippen LogP contribution in [0.1, 0.15) is 11.8 Å². The van der Waals surface area contributed by atoms with E-state index in [9.17, 15) is 4.39 Å². The molecular weight excluding hydrogens is 235 g/mol. The maximum Gasteiger partial charge on any atom is 0.148 e. The Morgan fingerprint density at radius 1 is 1.35 bits per heavy atom. The quantitative estimate of drug-likeness (QED) is 0.815. The molecule has 0 amide bonds. The highest BCUT2D eigenvalue weighted by molar-refractivity contribution is 7.09. The highest BCUT2D eigenvalue weighted by Gasteiger charge is 2.08. The Hall–Kier alpha value is -1.55. The van der Waals surface area contributed by atoms with Crippen molar-refractivity contribution >= 4 is 22.7 Å². The van der Waals surface area contributed by atoms with Crippen LogP contribution in [0.25, 0.3) is 0 Å². The van der Waals surface area contributed by atoms with Gasteiger partial charge in [0.25, 0.3) is 0 Å². The monoisotopic (exact) mass is 250 g/mol. The molecule has 0 spiro atoms. The van der Waals surface area contributed by atoms with Crippen LogP contribution < -0.4 is 11.1 Å². The first-order valence-corrected chi connectivity index (χ1v) is 6.37. The van der Waals surface area contributed by atoms with Crippen LogP contribution in [0.4, 0.5) is 15.8 Å². The minimum absolute atomic E-state index is 0.186. The van der Waals surface area contributed by atoms with E-state index in [-0.39, 0.29) is 17.5 Å². The van der Waals surface area contributed by atoms with Gasteiger partial charge in [0.1, 0.15) is 5.82 Å². The summed E-state index contributed by atoms with van der Waals surface area (Å²) in [6.45, 7) is 2.06. The van der Waals surface area contributed by atoms with E-state index in [4.69, 9.17) is 5.73 Å². The molecule has 4 heteroatoms. The maximum absolute atomic E-state index is 13.2. The van der Waals surface area contributed by atoms with Gasteiger partial charge in [-0.1, -0.05) is 12.1 Å². The average Bonchev–Trinajstić information content (AvgIpc) is 2.77. The Balaban J connectivity index is 2.03. The van der Waals surface area contributed by atoms with Crippen molar-refractivity contribution in [2.24, 2.45) is 0 Å². The molecule has 0 aliphatic rings. The lowest BCUT2D eigenvalue weighted by molar-refractivity contribution is 0.632.